The molecule has 8 atom stereocenters. The first kappa shape index (κ1) is 83.3. The van der Waals surface area contributed by atoms with Gasteiger partial charge < -0.3 is 120 Å². The van der Waals surface area contributed by atoms with Crippen molar-refractivity contribution in [3.63, 3.8) is 0 Å². The van der Waals surface area contributed by atoms with Gasteiger partial charge in [0.15, 0.2) is 42.7 Å². The average Bonchev–Trinajstić information content (AvgIpc) is 3.46. The predicted molar refractivity (Wildman–Crippen MR) is 272 cm³/mol. The summed E-state index contributed by atoms with van der Waals surface area (Å²) in [6.45, 7) is -2.53. The molecule has 0 aromatic rings. The number of carbonyl (C=O) groups is 16. The van der Waals surface area contributed by atoms with E-state index >= 15 is 0 Å². The Balaban J connectivity index is -0.00000125. The molecule has 42 nitrogen and oxygen atoms in total. The summed E-state index contributed by atoms with van der Waals surface area (Å²) in [6.07, 6.45) is -17.6. The number of carboxylic acids is 16. The monoisotopic (exact) mass is 1290 g/mol. The van der Waals surface area contributed by atoms with Crippen molar-refractivity contribution < 1.29 is 192 Å². The van der Waals surface area contributed by atoms with Crippen molar-refractivity contribution in [2.24, 2.45) is 0 Å². The fourth-order valence-electron chi connectivity index (χ4n) is 6.20. The summed E-state index contributed by atoms with van der Waals surface area (Å²) >= 11 is 0. The van der Waals surface area contributed by atoms with Crippen LogP contribution in [-0.2, 0) is 110 Å². The van der Waals surface area contributed by atoms with Gasteiger partial charge in [0.25, 0.3) is 0 Å². The molecule has 8 unspecified atom stereocenters. The summed E-state index contributed by atoms with van der Waals surface area (Å²) in [6, 6.07) is -1.63. The second-order valence-electron chi connectivity index (χ2n) is 17.1. The first-order valence-electron chi connectivity index (χ1n) is 25.0. The van der Waals surface area contributed by atoms with Gasteiger partial charge >= 0.3 is 95.5 Å². The minimum atomic E-state index is -1.73. The number of nitrogens with zero attached hydrogens (tertiary/aromatic N) is 2. The zero-order chi connectivity index (χ0) is 68.2. The third kappa shape index (κ3) is 45.5. The maximum Gasteiger partial charge on any atom is 0.333 e. The van der Waals surface area contributed by atoms with Crippen LogP contribution >= 0.6 is 0 Å². The van der Waals surface area contributed by atoms with E-state index in [1.807, 2.05) is 0 Å². The van der Waals surface area contributed by atoms with Gasteiger partial charge in [-0.25, -0.2) is 33.6 Å². The van der Waals surface area contributed by atoms with Gasteiger partial charge in [0.2, 0.25) is 0 Å². The Morgan fingerprint density at radius 1 is 0.250 bits per heavy atom. The van der Waals surface area contributed by atoms with E-state index in [1.165, 1.54) is 4.90 Å². The number of ether oxygens (including phenoxy) is 7. The van der Waals surface area contributed by atoms with Crippen LogP contribution in [0.5, 0.6) is 0 Å². The first-order chi connectivity index (χ1) is 40.9. The average molecular weight is 1290 g/mol. The third-order valence-corrected chi connectivity index (χ3v) is 10.3. The molecule has 0 radical (unpaired) electrons. The van der Waals surface area contributed by atoms with Crippen LogP contribution in [0, 0.1) is 0 Å². The van der Waals surface area contributed by atoms with Crippen LogP contribution in [0.15, 0.2) is 0 Å². The lowest BCUT2D eigenvalue weighted by Gasteiger charge is -2.28. The van der Waals surface area contributed by atoms with Crippen molar-refractivity contribution >= 4 is 95.5 Å². The molecule has 0 amide bonds. The smallest absolute Gasteiger partial charge is 0.333 e. The topological polar surface area (TPSA) is 680 Å². The predicted octanol–water partition coefficient (Wildman–Crippen LogP) is -5.31. The van der Waals surface area contributed by atoms with Gasteiger partial charge in [0.05, 0.1) is 97.6 Å². The molecule has 0 aromatic carbocycles. The molecule has 17 N–H and O–H groups in total. The Bertz CT molecular complexity index is 2140. The molecule has 0 saturated heterocycles. The molecular weight excluding hydrogens is 1220 g/mol. The largest absolute Gasteiger partial charge is 0.481 e. The molecule has 0 rings (SSSR count). The van der Waals surface area contributed by atoms with Crippen molar-refractivity contribution in [2.75, 3.05) is 92.1 Å². The number of rotatable bonds is 53. The fourth-order valence-corrected chi connectivity index (χ4v) is 6.20. The Hall–Kier alpha value is -8.88. The van der Waals surface area contributed by atoms with Crippen molar-refractivity contribution in [3.8, 4) is 0 Å². The molecule has 0 aromatic heterocycles. The van der Waals surface area contributed by atoms with E-state index in [-0.39, 0.29) is 78.8 Å². The molecule has 0 aliphatic heterocycles. The Kier molecular flexibility index (Phi) is 44.8. The number of hydrogen-bond acceptors (Lipinski definition) is 26. The summed E-state index contributed by atoms with van der Waals surface area (Å²) in [5.74, 6) is -23.1. The van der Waals surface area contributed by atoms with Crippen LogP contribution in [-0.4, -0.2) is 328 Å². The Morgan fingerprint density at radius 2 is 0.432 bits per heavy atom. The van der Waals surface area contributed by atoms with Crippen LogP contribution in [0.1, 0.15) is 51.4 Å². The molecule has 0 aliphatic carbocycles. The van der Waals surface area contributed by atoms with Gasteiger partial charge in [0.1, 0.15) is 6.04 Å². The zero-order valence-electron chi connectivity index (χ0n) is 46.1. The Labute approximate surface area is 493 Å². The minimum absolute atomic E-state index is 0.0521. The molecule has 0 aliphatic rings. The molecular formula is C46H69N3O39. The lowest BCUT2D eigenvalue weighted by molar-refractivity contribution is -0.159. The van der Waals surface area contributed by atoms with E-state index in [0.717, 1.165) is 4.90 Å². The summed E-state index contributed by atoms with van der Waals surface area (Å²) in [4.78, 5) is 176. The zero-order valence-corrected chi connectivity index (χ0v) is 46.1. The maximum absolute atomic E-state index is 11.4. The molecule has 0 bridgehead atoms. The molecule has 0 heterocycles. The van der Waals surface area contributed by atoms with Crippen LogP contribution in [0.3, 0.4) is 0 Å². The van der Waals surface area contributed by atoms with Crippen LogP contribution in [0.2, 0.25) is 0 Å². The number of hydrogen-bond donors (Lipinski definition) is 17. The second-order valence-corrected chi connectivity index (χ2v) is 17.1. The lowest BCUT2D eigenvalue weighted by atomic mass is 10.1. The molecule has 0 spiro atoms. The fraction of sp³-hybridized carbons (Fsp3) is 0.652. The summed E-state index contributed by atoms with van der Waals surface area (Å²) < 4.78 is 34.7. The molecule has 88 heavy (non-hydrogen) atoms. The van der Waals surface area contributed by atoms with E-state index < -0.39 is 209 Å². The van der Waals surface area contributed by atoms with Crippen LogP contribution in [0.4, 0.5) is 0 Å². The summed E-state index contributed by atoms with van der Waals surface area (Å²) in [7, 11) is 0. The van der Waals surface area contributed by atoms with E-state index in [9.17, 15) is 81.8 Å². The van der Waals surface area contributed by atoms with Crippen LogP contribution in [0.25, 0.3) is 0 Å². The highest BCUT2D eigenvalue weighted by atomic mass is 16.6. The van der Waals surface area contributed by atoms with Crippen molar-refractivity contribution in [2.45, 2.75) is 100 Å². The number of carboxylic acid groups (broad SMARTS) is 16. The summed E-state index contributed by atoms with van der Waals surface area (Å²) in [5, 5.41) is 144. The van der Waals surface area contributed by atoms with Gasteiger partial charge in [-0.3, -0.25) is 53.0 Å². The van der Waals surface area contributed by atoms with Gasteiger partial charge in [-0.2, -0.15) is 0 Å². The maximum atomic E-state index is 11.4. The molecule has 0 fully saturated rings. The Morgan fingerprint density at radius 3 is 0.602 bits per heavy atom. The third-order valence-electron chi connectivity index (χ3n) is 10.3. The molecule has 0 saturated carbocycles. The van der Waals surface area contributed by atoms with E-state index in [1.54, 1.807) is 0 Å². The minimum Gasteiger partial charge on any atom is -0.481 e. The van der Waals surface area contributed by atoms with Crippen molar-refractivity contribution in [3.05, 3.63) is 0 Å². The lowest BCUT2D eigenvalue weighted by Crippen LogP contribution is -2.46. The highest BCUT2D eigenvalue weighted by molar-refractivity contribution is 5.83. The first-order valence-corrected chi connectivity index (χ1v) is 25.0. The van der Waals surface area contributed by atoms with E-state index in [4.69, 9.17) is 110 Å². The highest BCUT2D eigenvalue weighted by Gasteiger charge is 2.31. The SMILES string of the molecule is O=C(O)CC(OCCN(CCOC(CC(=O)O)C(=O)O)C(CC(=O)O)C(=O)O)C(=O)O.O=C(O)CC(OCCN(CCOC(CC(=O)O)C(=O)O)CCOC(CC(=O)O)C(=O)O)C(=O)O.O=C(O)CC(OCCNCCOC(CC(=O)O)C(=O)O)C(=O)O. The van der Waals surface area contributed by atoms with Crippen molar-refractivity contribution in [1.29, 1.82) is 0 Å². The number of aliphatic carboxylic acids is 16. The van der Waals surface area contributed by atoms with Gasteiger partial charge in [-0.05, 0) is 0 Å². The number of nitrogens with one attached hydrogen (secondary N) is 1. The van der Waals surface area contributed by atoms with Crippen LogP contribution < -0.4 is 5.32 Å². The van der Waals surface area contributed by atoms with E-state index in [0.29, 0.717) is 0 Å². The van der Waals surface area contributed by atoms with Gasteiger partial charge in [0, 0.05) is 45.8 Å². The van der Waals surface area contributed by atoms with Gasteiger partial charge in [-0.1, -0.05) is 0 Å². The molecule has 42 heteroatoms. The second kappa shape index (κ2) is 47.3. The van der Waals surface area contributed by atoms with Gasteiger partial charge in [-0.15, -0.1) is 0 Å². The van der Waals surface area contributed by atoms with E-state index in [2.05, 4.69) is 5.32 Å². The van der Waals surface area contributed by atoms with Crippen molar-refractivity contribution in [1.82, 2.24) is 15.1 Å². The quantitative estimate of drug-likeness (QED) is 0.0253. The molecule has 502 valence electrons. The highest BCUT2D eigenvalue weighted by Crippen LogP contribution is 2.10. The normalized spacial score (nSPS) is 13.6. The summed E-state index contributed by atoms with van der Waals surface area (Å²) in [5.41, 5.74) is 0. The standard InChI is InChI=1S/C18H27NO15.C16H23NO14.C12H19NO10/c20-13(21)7-10(16(26)27)32-4-1-19(2-5-33-11(17(28)29)8-14(22)23)3-6-34-12(18(30)31)9-15(24)25;18-11(19)5-8(14(24)25)17(1-3-30-9(15(26)27)6-12(20)21)2-4-31-10(16(28)29)7-13(22)23;14-9(15)5-7(11(18)19)22-3-1-13-2-4-23-8(12(20)21)6-10(16)17/h10-12H,1-9H2,(H,20,21)(H,22,23)(H,24,25)(H,26,27)(H,28,29)(H,30,31);8-10H,1-7H2,(H,18,19)(H,20,21)(H,22,23)(H,24,25)(H,26,27)(H,28,29);7-8,13H,1-6H2,(H,14,15)(H,16,17)(H,18,19)(H,20,21).